The summed E-state index contributed by atoms with van der Waals surface area (Å²) in [7, 11) is -3.36. The molecule has 18 heavy (non-hydrogen) atoms. The molecule has 2 saturated heterocycles. The van der Waals surface area contributed by atoms with Gasteiger partial charge in [-0.3, -0.25) is 4.79 Å². The predicted molar refractivity (Wildman–Crippen MR) is 68.1 cm³/mol. The summed E-state index contributed by atoms with van der Waals surface area (Å²) in [4.78, 5) is 11.3. The van der Waals surface area contributed by atoms with Crippen LogP contribution in [0.15, 0.2) is 0 Å². The number of hydrogen-bond acceptors (Lipinski definition) is 3. The molecular weight excluding hydrogens is 254 g/mol. The second kappa shape index (κ2) is 4.79. The zero-order valence-electron chi connectivity index (χ0n) is 10.9. The number of amides is 1. The minimum Gasteiger partial charge on any atom is -0.356 e. The number of rotatable bonds is 3. The highest BCUT2D eigenvalue weighted by Crippen LogP contribution is 2.37. The summed E-state index contributed by atoms with van der Waals surface area (Å²) in [6.07, 6.45) is 2.05. The SMILES string of the molecule is CC(C)NS(=O)(=O)N1CCC2(CC1)CNC(=O)C2. The van der Waals surface area contributed by atoms with Crippen molar-refractivity contribution in [3.05, 3.63) is 0 Å². The minimum atomic E-state index is -3.36. The molecule has 0 bridgehead atoms. The van der Waals surface area contributed by atoms with Crippen molar-refractivity contribution in [1.82, 2.24) is 14.3 Å². The van der Waals surface area contributed by atoms with Crippen LogP contribution in [0.3, 0.4) is 0 Å². The van der Waals surface area contributed by atoms with Crippen molar-refractivity contribution < 1.29 is 13.2 Å². The van der Waals surface area contributed by atoms with E-state index in [-0.39, 0.29) is 17.4 Å². The second-order valence-electron chi connectivity index (χ2n) is 5.63. The van der Waals surface area contributed by atoms with E-state index in [4.69, 9.17) is 0 Å². The van der Waals surface area contributed by atoms with E-state index >= 15 is 0 Å². The number of hydrogen-bond donors (Lipinski definition) is 2. The van der Waals surface area contributed by atoms with E-state index in [2.05, 4.69) is 10.0 Å². The Hall–Kier alpha value is -0.660. The van der Waals surface area contributed by atoms with Gasteiger partial charge in [-0.15, -0.1) is 0 Å². The molecular formula is C11H21N3O3S. The Morgan fingerprint density at radius 1 is 1.33 bits per heavy atom. The summed E-state index contributed by atoms with van der Waals surface area (Å²) in [6.45, 7) is 5.30. The van der Waals surface area contributed by atoms with Crippen LogP contribution in [0.5, 0.6) is 0 Å². The van der Waals surface area contributed by atoms with Gasteiger partial charge in [-0.2, -0.15) is 17.4 Å². The maximum atomic E-state index is 12.0. The summed E-state index contributed by atoms with van der Waals surface area (Å²) in [5.74, 6) is 0.0895. The number of carbonyl (C=O) groups is 1. The van der Waals surface area contributed by atoms with Gasteiger partial charge in [0, 0.05) is 32.1 Å². The van der Waals surface area contributed by atoms with Crippen molar-refractivity contribution in [2.45, 2.75) is 39.2 Å². The third-order valence-electron chi connectivity index (χ3n) is 3.70. The van der Waals surface area contributed by atoms with E-state index in [0.717, 1.165) is 12.8 Å². The first-order valence-corrected chi connectivity index (χ1v) is 7.81. The first kappa shape index (κ1) is 13.8. The van der Waals surface area contributed by atoms with Gasteiger partial charge in [0.1, 0.15) is 0 Å². The van der Waals surface area contributed by atoms with Crippen molar-refractivity contribution in [1.29, 1.82) is 0 Å². The zero-order chi connectivity index (χ0) is 13.4. The number of piperidine rings is 1. The molecule has 2 fully saturated rings. The van der Waals surface area contributed by atoms with Crippen LogP contribution in [-0.2, 0) is 15.0 Å². The molecule has 2 rings (SSSR count). The molecule has 0 radical (unpaired) electrons. The van der Waals surface area contributed by atoms with Crippen LogP contribution >= 0.6 is 0 Å². The fraction of sp³-hybridized carbons (Fsp3) is 0.909. The van der Waals surface area contributed by atoms with Crippen LogP contribution < -0.4 is 10.0 Å². The molecule has 0 unspecified atom stereocenters. The van der Waals surface area contributed by atoms with Gasteiger partial charge in [0.15, 0.2) is 0 Å². The van der Waals surface area contributed by atoms with Gasteiger partial charge >= 0.3 is 0 Å². The van der Waals surface area contributed by atoms with E-state index in [1.807, 2.05) is 13.8 Å². The second-order valence-corrected chi connectivity index (χ2v) is 7.33. The fourth-order valence-electron chi connectivity index (χ4n) is 2.68. The van der Waals surface area contributed by atoms with Crippen molar-refractivity contribution in [2.75, 3.05) is 19.6 Å². The van der Waals surface area contributed by atoms with Crippen LogP contribution in [-0.4, -0.2) is 44.3 Å². The van der Waals surface area contributed by atoms with Crippen molar-refractivity contribution in [2.24, 2.45) is 5.41 Å². The molecule has 104 valence electrons. The third-order valence-corrected chi connectivity index (χ3v) is 5.52. The van der Waals surface area contributed by atoms with E-state index in [9.17, 15) is 13.2 Å². The number of nitrogens with one attached hydrogen (secondary N) is 2. The Balaban J connectivity index is 1.96. The van der Waals surface area contributed by atoms with E-state index < -0.39 is 10.2 Å². The Morgan fingerprint density at radius 3 is 2.39 bits per heavy atom. The van der Waals surface area contributed by atoms with Gasteiger partial charge in [0.05, 0.1) is 0 Å². The van der Waals surface area contributed by atoms with Gasteiger partial charge in [-0.25, -0.2) is 0 Å². The average Bonchev–Trinajstić information content (AvgIpc) is 2.59. The summed E-state index contributed by atoms with van der Waals surface area (Å²) < 4.78 is 28.1. The van der Waals surface area contributed by atoms with Gasteiger partial charge in [-0.05, 0) is 32.1 Å². The van der Waals surface area contributed by atoms with Crippen molar-refractivity contribution in [3.8, 4) is 0 Å². The minimum absolute atomic E-state index is 0.0130. The van der Waals surface area contributed by atoms with Crippen molar-refractivity contribution in [3.63, 3.8) is 0 Å². The standard InChI is InChI=1S/C11H21N3O3S/c1-9(2)13-18(16,17)14-5-3-11(4-6-14)7-10(15)12-8-11/h9,13H,3-8H2,1-2H3,(H,12,15). The first-order chi connectivity index (χ1) is 8.33. The van der Waals surface area contributed by atoms with Crippen LogP contribution in [0.1, 0.15) is 33.1 Å². The molecule has 1 amide bonds. The number of carbonyl (C=O) groups excluding carboxylic acids is 1. The molecule has 0 aliphatic carbocycles. The highest BCUT2D eigenvalue weighted by Gasteiger charge is 2.42. The normalized spacial score (nSPS) is 24.7. The third kappa shape index (κ3) is 2.84. The number of nitrogens with zero attached hydrogens (tertiary/aromatic N) is 1. The van der Waals surface area contributed by atoms with Crippen molar-refractivity contribution >= 4 is 16.1 Å². The highest BCUT2D eigenvalue weighted by molar-refractivity contribution is 7.87. The van der Waals surface area contributed by atoms with Gasteiger partial charge in [0.25, 0.3) is 10.2 Å². The molecule has 0 aromatic heterocycles. The molecule has 2 N–H and O–H groups in total. The highest BCUT2D eigenvalue weighted by atomic mass is 32.2. The maximum Gasteiger partial charge on any atom is 0.279 e. The van der Waals surface area contributed by atoms with Crippen LogP contribution in [0, 0.1) is 5.41 Å². The summed E-state index contributed by atoms with van der Waals surface area (Å²) in [6, 6.07) is -0.0967. The summed E-state index contributed by atoms with van der Waals surface area (Å²) in [5, 5.41) is 2.84. The zero-order valence-corrected chi connectivity index (χ0v) is 11.7. The van der Waals surface area contributed by atoms with Crippen LogP contribution in [0.25, 0.3) is 0 Å². The van der Waals surface area contributed by atoms with E-state index in [0.29, 0.717) is 26.1 Å². The maximum absolute atomic E-state index is 12.0. The molecule has 2 aliphatic heterocycles. The molecule has 0 aromatic rings. The molecule has 0 aromatic carbocycles. The lowest BCUT2D eigenvalue weighted by atomic mass is 9.78. The molecule has 7 heteroatoms. The molecule has 2 heterocycles. The largest absolute Gasteiger partial charge is 0.356 e. The fourth-order valence-corrected chi connectivity index (χ4v) is 4.09. The first-order valence-electron chi connectivity index (χ1n) is 6.37. The van der Waals surface area contributed by atoms with E-state index in [1.165, 1.54) is 4.31 Å². The molecule has 0 saturated carbocycles. The smallest absolute Gasteiger partial charge is 0.279 e. The lowest BCUT2D eigenvalue weighted by Gasteiger charge is -2.37. The topological polar surface area (TPSA) is 78.5 Å². The summed E-state index contributed by atoms with van der Waals surface area (Å²) >= 11 is 0. The molecule has 0 atom stereocenters. The Morgan fingerprint density at radius 2 is 1.94 bits per heavy atom. The van der Waals surface area contributed by atoms with Gasteiger partial charge in [0.2, 0.25) is 5.91 Å². The van der Waals surface area contributed by atoms with E-state index in [1.54, 1.807) is 0 Å². The van der Waals surface area contributed by atoms with Gasteiger partial charge in [-0.1, -0.05) is 0 Å². The molecule has 6 nitrogen and oxygen atoms in total. The average molecular weight is 275 g/mol. The lowest BCUT2D eigenvalue weighted by Crippen LogP contribution is -2.49. The molecule has 2 aliphatic rings. The Labute approximate surface area is 108 Å². The quantitative estimate of drug-likeness (QED) is 0.750. The molecule has 1 spiro atoms. The Kier molecular flexibility index (Phi) is 3.66. The van der Waals surface area contributed by atoms with Crippen LogP contribution in [0.4, 0.5) is 0 Å². The van der Waals surface area contributed by atoms with Gasteiger partial charge < -0.3 is 5.32 Å². The Bertz CT molecular complexity index is 425. The lowest BCUT2D eigenvalue weighted by molar-refractivity contribution is -0.119. The monoisotopic (exact) mass is 275 g/mol. The van der Waals surface area contributed by atoms with Crippen LogP contribution in [0.2, 0.25) is 0 Å². The summed E-state index contributed by atoms with van der Waals surface area (Å²) in [5.41, 5.74) is -0.0130. The predicted octanol–water partition coefficient (Wildman–Crippen LogP) is -0.169.